The quantitative estimate of drug-likeness (QED) is 0.577. The Morgan fingerprint density at radius 2 is 1.56 bits per heavy atom. The molecule has 0 bridgehead atoms. The van der Waals surface area contributed by atoms with E-state index in [4.69, 9.17) is 4.74 Å². The van der Waals surface area contributed by atoms with Crippen LogP contribution in [0.2, 0.25) is 0 Å². The number of carbonyl (C=O) groups is 1. The molecule has 0 saturated heterocycles. The number of carboxylic acid groups (broad SMARTS) is 1. The second-order valence-corrected chi connectivity index (χ2v) is 7.09. The Morgan fingerprint density at radius 1 is 0.889 bits per heavy atom. The summed E-state index contributed by atoms with van der Waals surface area (Å²) < 4.78 is 5.84. The summed E-state index contributed by atoms with van der Waals surface area (Å²) in [6.07, 6.45) is 1.05. The summed E-state index contributed by atoms with van der Waals surface area (Å²) in [6.45, 7) is 4.74. The maximum Gasteiger partial charge on any atom is 0.339 e. The molecule has 3 nitrogen and oxygen atoms in total. The van der Waals surface area contributed by atoms with Crippen LogP contribution in [-0.2, 0) is 13.0 Å². The summed E-state index contributed by atoms with van der Waals surface area (Å²) in [7, 11) is 0. The van der Waals surface area contributed by atoms with Gasteiger partial charge in [0.25, 0.3) is 0 Å². The number of carboxylic acids is 1. The highest BCUT2D eigenvalue weighted by Gasteiger charge is 2.13. The van der Waals surface area contributed by atoms with Gasteiger partial charge < -0.3 is 9.84 Å². The van der Waals surface area contributed by atoms with E-state index in [1.165, 1.54) is 5.56 Å². The molecule has 0 aliphatic heterocycles. The lowest BCUT2D eigenvalue weighted by Crippen LogP contribution is -2.03. The van der Waals surface area contributed by atoms with Crippen LogP contribution < -0.4 is 4.74 Å². The van der Waals surface area contributed by atoms with Crippen molar-refractivity contribution in [2.75, 3.05) is 0 Å². The average molecular weight is 360 g/mol. The van der Waals surface area contributed by atoms with Crippen LogP contribution in [0.5, 0.6) is 5.75 Å². The molecular weight excluding hydrogens is 336 g/mol. The summed E-state index contributed by atoms with van der Waals surface area (Å²) in [4.78, 5) is 11.5. The Bertz CT molecular complexity index is 897. The molecule has 138 valence electrons. The molecule has 3 aromatic carbocycles. The lowest BCUT2D eigenvalue weighted by atomic mass is 9.98. The third-order valence-corrected chi connectivity index (χ3v) is 4.38. The smallest absolute Gasteiger partial charge is 0.339 e. The number of hydrogen-bond acceptors (Lipinski definition) is 2. The molecule has 1 N–H and O–H groups in total. The highest BCUT2D eigenvalue weighted by molar-refractivity contribution is 5.92. The van der Waals surface area contributed by atoms with Crippen LogP contribution in [0.15, 0.2) is 72.8 Å². The Balaban J connectivity index is 1.85. The fourth-order valence-corrected chi connectivity index (χ4v) is 3.04. The van der Waals surface area contributed by atoms with Gasteiger partial charge in [-0.2, -0.15) is 0 Å². The van der Waals surface area contributed by atoms with Crippen LogP contribution in [0.25, 0.3) is 11.1 Å². The van der Waals surface area contributed by atoms with Gasteiger partial charge in [-0.3, -0.25) is 0 Å². The molecule has 0 saturated carbocycles. The van der Waals surface area contributed by atoms with Crippen molar-refractivity contribution >= 4 is 5.97 Å². The van der Waals surface area contributed by atoms with E-state index in [1.54, 1.807) is 6.07 Å². The van der Waals surface area contributed by atoms with Gasteiger partial charge in [0.2, 0.25) is 0 Å². The first kappa shape index (κ1) is 18.7. The van der Waals surface area contributed by atoms with E-state index in [0.717, 1.165) is 23.1 Å². The summed E-state index contributed by atoms with van der Waals surface area (Å²) in [5.74, 6) is 0.00990. The van der Waals surface area contributed by atoms with Gasteiger partial charge in [-0.25, -0.2) is 4.79 Å². The lowest BCUT2D eigenvalue weighted by Gasteiger charge is -2.12. The topological polar surface area (TPSA) is 46.5 Å². The number of benzene rings is 3. The van der Waals surface area contributed by atoms with E-state index in [2.05, 4.69) is 38.1 Å². The molecular formula is C24H24O3. The van der Waals surface area contributed by atoms with Crippen molar-refractivity contribution in [3.8, 4) is 16.9 Å². The molecule has 0 aliphatic carbocycles. The second-order valence-electron chi connectivity index (χ2n) is 7.09. The predicted octanol–water partition coefficient (Wildman–Crippen LogP) is 5.83. The van der Waals surface area contributed by atoms with Gasteiger partial charge in [0.05, 0.1) is 0 Å². The van der Waals surface area contributed by atoms with E-state index >= 15 is 0 Å². The largest absolute Gasteiger partial charge is 0.488 e. The minimum absolute atomic E-state index is 0.172. The van der Waals surface area contributed by atoms with Crippen molar-refractivity contribution in [2.45, 2.75) is 26.9 Å². The van der Waals surface area contributed by atoms with E-state index in [-0.39, 0.29) is 5.56 Å². The minimum Gasteiger partial charge on any atom is -0.488 e. The fraction of sp³-hybridized carbons (Fsp3) is 0.208. The molecule has 0 amide bonds. The number of aromatic carboxylic acids is 1. The average Bonchev–Trinajstić information content (AvgIpc) is 2.67. The molecule has 0 radical (unpaired) electrons. The number of ether oxygens (including phenoxy) is 1. The molecule has 27 heavy (non-hydrogen) atoms. The molecule has 0 aromatic heterocycles. The normalized spacial score (nSPS) is 10.8. The van der Waals surface area contributed by atoms with Crippen molar-refractivity contribution in [3.63, 3.8) is 0 Å². The predicted molar refractivity (Wildman–Crippen MR) is 108 cm³/mol. The van der Waals surface area contributed by atoms with E-state index in [1.807, 2.05) is 42.5 Å². The van der Waals surface area contributed by atoms with Crippen LogP contribution in [-0.4, -0.2) is 11.1 Å². The standard InChI is InChI=1S/C24H24O3/c1-17(2)14-18-8-10-20(11-9-18)21-12-13-22(24(25)26)23(15-21)27-16-19-6-4-3-5-7-19/h3-13,15,17H,14,16H2,1-2H3,(H,25,26). The van der Waals surface area contributed by atoms with Crippen molar-refractivity contribution in [3.05, 3.63) is 89.5 Å². The van der Waals surface area contributed by atoms with E-state index in [0.29, 0.717) is 18.3 Å². The Morgan fingerprint density at radius 3 is 2.19 bits per heavy atom. The summed E-state index contributed by atoms with van der Waals surface area (Å²) in [6, 6.07) is 23.4. The van der Waals surface area contributed by atoms with Crippen molar-refractivity contribution in [2.24, 2.45) is 5.92 Å². The Labute approximate surface area is 160 Å². The van der Waals surface area contributed by atoms with Crippen LogP contribution in [0.1, 0.15) is 35.3 Å². The molecule has 0 atom stereocenters. The first-order chi connectivity index (χ1) is 13.0. The molecule has 3 aromatic rings. The third-order valence-electron chi connectivity index (χ3n) is 4.38. The van der Waals surface area contributed by atoms with Crippen LogP contribution in [0.4, 0.5) is 0 Å². The Kier molecular flexibility index (Phi) is 5.92. The van der Waals surface area contributed by atoms with E-state index < -0.39 is 5.97 Å². The molecule has 0 heterocycles. The SMILES string of the molecule is CC(C)Cc1ccc(-c2ccc(C(=O)O)c(OCc3ccccc3)c2)cc1. The maximum atomic E-state index is 11.5. The van der Waals surface area contributed by atoms with Gasteiger partial charge >= 0.3 is 5.97 Å². The van der Waals surface area contributed by atoms with Crippen LogP contribution in [0, 0.1) is 5.92 Å². The van der Waals surface area contributed by atoms with Gasteiger partial charge in [0.15, 0.2) is 0 Å². The highest BCUT2D eigenvalue weighted by atomic mass is 16.5. The van der Waals surface area contributed by atoms with Crippen LogP contribution in [0.3, 0.4) is 0 Å². The number of rotatable bonds is 7. The monoisotopic (exact) mass is 360 g/mol. The van der Waals surface area contributed by atoms with Gasteiger partial charge in [-0.15, -0.1) is 0 Å². The summed E-state index contributed by atoms with van der Waals surface area (Å²) in [5.41, 5.74) is 4.46. The second kappa shape index (κ2) is 8.54. The molecule has 0 spiro atoms. The Hall–Kier alpha value is -3.07. The lowest BCUT2D eigenvalue weighted by molar-refractivity contribution is 0.0692. The highest BCUT2D eigenvalue weighted by Crippen LogP contribution is 2.29. The summed E-state index contributed by atoms with van der Waals surface area (Å²) >= 11 is 0. The molecule has 0 unspecified atom stereocenters. The van der Waals surface area contributed by atoms with Crippen molar-refractivity contribution in [1.29, 1.82) is 0 Å². The van der Waals surface area contributed by atoms with Gasteiger partial charge in [-0.05, 0) is 46.7 Å². The third kappa shape index (κ3) is 4.98. The van der Waals surface area contributed by atoms with Gasteiger partial charge in [0, 0.05) is 0 Å². The molecule has 3 rings (SSSR count). The van der Waals surface area contributed by atoms with Gasteiger partial charge in [0.1, 0.15) is 17.9 Å². The van der Waals surface area contributed by atoms with Gasteiger partial charge in [-0.1, -0.05) is 74.5 Å². The minimum atomic E-state index is -0.989. The molecule has 0 aliphatic rings. The van der Waals surface area contributed by atoms with Crippen LogP contribution >= 0.6 is 0 Å². The number of hydrogen-bond donors (Lipinski definition) is 1. The first-order valence-corrected chi connectivity index (χ1v) is 9.16. The zero-order valence-corrected chi connectivity index (χ0v) is 15.7. The zero-order chi connectivity index (χ0) is 19.2. The molecule has 3 heteroatoms. The van der Waals surface area contributed by atoms with E-state index in [9.17, 15) is 9.90 Å². The fourth-order valence-electron chi connectivity index (χ4n) is 3.04. The summed E-state index contributed by atoms with van der Waals surface area (Å²) in [5, 5.41) is 9.46. The first-order valence-electron chi connectivity index (χ1n) is 9.16. The van der Waals surface area contributed by atoms with Crippen molar-refractivity contribution in [1.82, 2.24) is 0 Å². The van der Waals surface area contributed by atoms with Crippen molar-refractivity contribution < 1.29 is 14.6 Å². The molecule has 0 fully saturated rings. The maximum absolute atomic E-state index is 11.5. The zero-order valence-electron chi connectivity index (χ0n) is 15.7.